The predicted molar refractivity (Wildman–Crippen MR) is 75.7 cm³/mol. The second-order valence-electron chi connectivity index (χ2n) is 4.98. The van der Waals surface area contributed by atoms with Gasteiger partial charge in [-0.3, -0.25) is 9.48 Å². The van der Waals surface area contributed by atoms with Gasteiger partial charge in [0.2, 0.25) is 5.91 Å². The summed E-state index contributed by atoms with van der Waals surface area (Å²) in [7, 11) is 1.69. The van der Waals surface area contributed by atoms with Crippen LogP contribution in [-0.2, 0) is 16.6 Å². The van der Waals surface area contributed by atoms with E-state index in [1.807, 2.05) is 0 Å². The zero-order chi connectivity index (χ0) is 15.7. The Morgan fingerprint density at radius 3 is 2.67 bits per heavy atom. The second-order valence-corrected chi connectivity index (χ2v) is 5.34. The molecule has 2 rings (SSSR count). The molecule has 0 radical (unpaired) electrons. The SMILES string of the molecule is Cc1nn(C)c(Cl)c1/C=C/C(=O)N1CC(O)CC1C(=O)O. The van der Waals surface area contributed by atoms with Gasteiger partial charge in [-0.1, -0.05) is 11.6 Å². The normalized spacial score (nSPS) is 22.2. The number of β-amino-alcohol motifs (C(OH)–C–C–N with tert-alkyl or cyclic N) is 1. The number of likely N-dealkylation sites (tertiary alicyclic amines) is 1. The van der Waals surface area contributed by atoms with E-state index in [4.69, 9.17) is 16.7 Å². The van der Waals surface area contributed by atoms with Gasteiger partial charge in [-0.2, -0.15) is 5.10 Å². The number of carbonyl (C=O) groups is 2. The van der Waals surface area contributed by atoms with Crippen molar-refractivity contribution in [3.8, 4) is 0 Å². The molecule has 0 aliphatic carbocycles. The molecule has 2 atom stereocenters. The molecule has 1 aromatic rings. The maximum atomic E-state index is 12.1. The Morgan fingerprint density at radius 2 is 2.14 bits per heavy atom. The van der Waals surface area contributed by atoms with Crippen LogP contribution in [0.5, 0.6) is 0 Å². The average molecular weight is 314 g/mol. The first-order valence-electron chi connectivity index (χ1n) is 6.40. The van der Waals surface area contributed by atoms with E-state index in [9.17, 15) is 14.7 Å². The van der Waals surface area contributed by atoms with E-state index in [0.717, 1.165) is 4.90 Å². The number of hydrogen-bond donors (Lipinski definition) is 2. The number of aliphatic carboxylic acids is 1. The van der Waals surface area contributed by atoms with Crippen LogP contribution in [-0.4, -0.2) is 55.5 Å². The van der Waals surface area contributed by atoms with Crippen LogP contribution in [0.15, 0.2) is 6.08 Å². The van der Waals surface area contributed by atoms with Crippen LogP contribution in [0.2, 0.25) is 5.15 Å². The molecule has 114 valence electrons. The van der Waals surface area contributed by atoms with Gasteiger partial charge in [0.25, 0.3) is 0 Å². The number of carboxylic acids is 1. The monoisotopic (exact) mass is 313 g/mol. The number of aryl methyl sites for hydroxylation is 2. The van der Waals surface area contributed by atoms with Crippen molar-refractivity contribution < 1.29 is 19.8 Å². The number of aromatic nitrogens is 2. The molecule has 8 heteroatoms. The lowest BCUT2D eigenvalue weighted by Gasteiger charge is -2.19. The quantitative estimate of drug-likeness (QED) is 0.790. The molecule has 1 fully saturated rings. The number of halogens is 1. The summed E-state index contributed by atoms with van der Waals surface area (Å²) < 4.78 is 1.49. The zero-order valence-electron chi connectivity index (χ0n) is 11.7. The molecule has 0 aromatic carbocycles. The molecular weight excluding hydrogens is 298 g/mol. The second kappa shape index (κ2) is 5.87. The van der Waals surface area contributed by atoms with Crippen LogP contribution in [0.1, 0.15) is 17.7 Å². The van der Waals surface area contributed by atoms with Gasteiger partial charge in [-0.15, -0.1) is 0 Å². The van der Waals surface area contributed by atoms with E-state index >= 15 is 0 Å². The van der Waals surface area contributed by atoms with Gasteiger partial charge >= 0.3 is 5.97 Å². The summed E-state index contributed by atoms with van der Waals surface area (Å²) in [6.45, 7) is 1.77. The number of hydrogen-bond acceptors (Lipinski definition) is 4. The van der Waals surface area contributed by atoms with Crippen LogP contribution in [0, 0.1) is 6.92 Å². The molecule has 21 heavy (non-hydrogen) atoms. The molecular formula is C13H16ClN3O4. The number of aliphatic hydroxyl groups excluding tert-OH is 1. The topological polar surface area (TPSA) is 95.7 Å². The fourth-order valence-electron chi connectivity index (χ4n) is 2.38. The highest BCUT2D eigenvalue weighted by Gasteiger charge is 2.38. The van der Waals surface area contributed by atoms with Crippen molar-refractivity contribution in [1.82, 2.24) is 14.7 Å². The van der Waals surface area contributed by atoms with Gasteiger partial charge in [0.1, 0.15) is 11.2 Å². The Labute approximate surface area is 126 Å². The van der Waals surface area contributed by atoms with Crippen LogP contribution in [0.4, 0.5) is 0 Å². The first-order valence-corrected chi connectivity index (χ1v) is 6.77. The number of carboxylic acid groups (broad SMARTS) is 1. The predicted octanol–water partition coefficient (Wildman–Crippen LogP) is 0.442. The summed E-state index contributed by atoms with van der Waals surface area (Å²) in [5.74, 6) is -1.60. The Kier molecular flexibility index (Phi) is 4.34. The van der Waals surface area contributed by atoms with E-state index in [2.05, 4.69) is 5.10 Å². The lowest BCUT2D eigenvalue weighted by Crippen LogP contribution is -2.39. The lowest BCUT2D eigenvalue weighted by atomic mass is 10.2. The Bertz CT molecular complexity index is 611. The largest absolute Gasteiger partial charge is 0.480 e. The Balaban J connectivity index is 2.17. The van der Waals surface area contributed by atoms with Crippen molar-refractivity contribution in [2.45, 2.75) is 25.5 Å². The Morgan fingerprint density at radius 1 is 1.48 bits per heavy atom. The van der Waals surface area contributed by atoms with Gasteiger partial charge in [-0.25, -0.2) is 4.79 Å². The molecule has 1 aliphatic rings. The summed E-state index contributed by atoms with van der Waals surface area (Å²) in [5, 5.41) is 23.1. The summed E-state index contributed by atoms with van der Waals surface area (Å²) in [4.78, 5) is 24.3. The van der Waals surface area contributed by atoms with E-state index in [0.29, 0.717) is 16.4 Å². The van der Waals surface area contributed by atoms with Crippen LogP contribution in [0.3, 0.4) is 0 Å². The van der Waals surface area contributed by atoms with Crippen molar-refractivity contribution in [3.63, 3.8) is 0 Å². The number of amides is 1. The third-order valence-electron chi connectivity index (χ3n) is 3.44. The highest BCUT2D eigenvalue weighted by Crippen LogP contribution is 2.22. The average Bonchev–Trinajstić information content (AvgIpc) is 2.90. The van der Waals surface area contributed by atoms with Crippen molar-refractivity contribution in [1.29, 1.82) is 0 Å². The van der Waals surface area contributed by atoms with Crippen molar-refractivity contribution in [2.75, 3.05) is 6.54 Å². The number of aliphatic hydroxyl groups is 1. The summed E-state index contributed by atoms with van der Waals surface area (Å²) in [5.41, 5.74) is 1.28. The number of rotatable bonds is 3. The maximum absolute atomic E-state index is 12.1. The smallest absolute Gasteiger partial charge is 0.326 e. The molecule has 1 aliphatic heterocycles. The molecule has 7 nitrogen and oxygen atoms in total. The van der Waals surface area contributed by atoms with E-state index in [-0.39, 0.29) is 13.0 Å². The molecule has 1 saturated heterocycles. The standard InChI is InChI=1S/C13H16ClN3O4/c1-7-9(12(14)16(2)15-7)3-4-11(19)17-6-8(18)5-10(17)13(20)21/h3-4,8,10,18H,5-6H2,1-2H3,(H,20,21)/b4-3+. The van der Waals surface area contributed by atoms with Crippen molar-refractivity contribution in [3.05, 3.63) is 22.5 Å². The fraction of sp³-hybridized carbons (Fsp3) is 0.462. The fourth-order valence-corrected chi connectivity index (χ4v) is 2.62. The van der Waals surface area contributed by atoms with E-state index < -0.39 is 24.0 Å². The zero-order valence-corrected chi connectivity index (χ0v) is 12.4. The van der Waals surface area contributed by atoms with Gasteiger partial charge < -0.3 is 15.1 Å². The first kappa shape index (κ1) is 15.5. The first-order chi connectivity index (χ1) is 9.81. The Hall–Kier alpha value is -1.86. The van der Waals surface area contributed by atoms with Crippen molar-refractivity contribution >= 4 is 29.6 Å². The van der Waals surface area contributed by atoms with E-state index in [1.165, 1.54) is 16.8 Å². The summed E-state index contributed by atoms with van der Waals surface area (Å²) in [6, 6.07) is -0.998. The molecule has 2 heterocycles. The molecule has 1 aromatic heterocycles. The molecule has 0 spiro atoms. The molecule has 0 saturated carbocycles. The number of nitrogens with zero attached hydrogens (tertiary/aromatic N) is 3. The minimum absolute atomic E-state index is 0.0138. The summed E-state index contributed by atoms with van der Waals surface area (Å²) in [6.07, 6.45) is 1.99. The third-order valence-corrected chi connectivity index (χ3v) is 3.88. The molecule has 1 amide bonds. The third kappa shape index (κ3) is 3.08. The van der Waals surface area contributed by atoms with Gasteiger partial charge in [0, 0.05) is 31.7 Å². The molecule has 0 bridgehead atoms. The lowest BCUT2D eigenvalue weighted by molar-refractivity contribution is -0.146. The van der Waals surface area contributed by atoms with Gasteiger partial charge in [0.15, 0.2) is 0 Å². The minimum atomic E-state index is -1.12. The number of carbonyl (C=O) groups excluding carboxylic acids is 1. The highest BCUT2D eigenvalue weighted by molar-refractivity contribution is 6.31. The van der Waals surface area contributed by atoms with Gasteiger partial charge in [0.05, 0.1) is 11.8 Å². The molecule has 2 unspecified atom stereocenters. The van der Waals surface area contributed by atoms with Crippen LogP contribution < -0.4 is 0 Å². The highest BCUT2D eigenvalue weighted by atomic mass is 35.5. The van der Waals surface area contributed by atoms with Crippen LogP contribution >= 0.6 is 11.6 Å². The molecule has 2 N–H and O–H groups in total. The van der Waals surface area contributed by atoms with Crippen molar-refractivity contribution in [2.24, 2.45) is 7.05 Å². The van der Waals surface area contributed by atoms with E-state index in [1.54, 1.807) is 14.0 Å². The minimum Gasteiger partial charge on any atom is -0.480 e. The van der Waals surface area contributed by atoms with Crippen LogP contribution in [0.25, 0.3) is 6.08 Å². The maximum Gasteiger partial charge on any atom is 0.326 e. The van der Waals surface area contributed by atoms with Gasteiger partial charge in [-0.05, 0) is 13.0 Å². The summed E-state index contributed by atoms with van der Waals surface area (Å²) >= 11 is 6.05.